The maximum Gasteiger partial charge on any atom is 0.0942 e. The van der Waals surface area contributed by atoms with Crippen LogP contribution in [0.1, 0.15) is 38.2 Å². The van der Waals surface area contributed by atoms with Gasteiger partial charge in [-0.05, 0) is 36.5 Å². The highest BCUT2D eigenvalue weighted by Crippen LogP contribution is 2.38. The minimum absolute atomic E-state index is 0.427. The van der Waals surface area contributed by atoms with Crippen LogP contribution >= 0.6 is 23.2 Å². The molecule has 112 valence electrons. The Morgan fingerprint density at radius 2 is 2.15 bits per heavy atom. The third-order valence-electron chi connectivity index (χ3n) is 4.42. The van der Waals surface area contributed by atoms with E-state index in [1.165, 1.54) is 6.42 Å². The van der Waals surface area contributed by atoms with Crippen LogP contribution in [0.4, 0.5) is 0 Å². The lowest BCUT2D eigenvalue weighted by Gasteiger charge is -2.42. The van der Waals surface area contributed by atoms with Gasteiger partial charge in [-0.1, -0.05) is 49.0 Å². The van der Waals surface area contributed by atoms with Crippen LogP contribution in [0.15, 0.2) is 18.2 Å². The number of ether oxygens (including phenoxy) is 1. The average molecular weight is 317 g/mol. The molecule has 0 spiro atoms. The number of hydrogen-bond donors (Lipinski definition) is 1. The lowest BCUT2D eigenvalue weighted by Crippen LogP contribution is -2.48. The fourth-order valence-electron chi connectivity index (χ4n) is 3.24. The topological polar surface area (TPSA) is 29.5 Å². The zero-order valence-corrected chi connectivity index (χ0v) is 13.5. The molecule has 1 aliphatic carbocycles. The second kappa shape index (κ2) is 6.65. The summed E-state index contributed by atoms with van der Waals surface area (Å²) < 4.78 is 5.73. The number of aliphatic hydroxyl groups excluding tert-OH is 1. The minimum atomic E-state index is -0.521. The summed E-state index contributed by atoms with van der Waals surface area (Å²) in [6.07, 6.45) is 4.16. The van der Waals surface area contributed by atoms with Gasteiger partial charge in [0.25, 0.3) is 0 Å². The van der Waals surface area contributed by atoms with E-state index >= 15 is 0 Å². The molecule has 0 radical (unpaired) electrons. The SMILES string of the molecule is COC1(C(O)Cc2ccc(Cl)c(Cl)c2)CCCC(C)C1. The Morgan fingerprint density at radius 1 is 1.40 bits per heavy atom. The summed E-state index contributed by atoms with van der Waals surface area (Å²) >= 11 is 12.0. The summed E-state index contributed by atoms with van der Waals surface area (Å²) in [5.74, 6) is 0.590. The molecule has 0 heterocycles. The van der Waals surface area contributed by atoms with Crippen LogP contribution in [0.25, 0.3) is 0 Å². The fraction of sp³-hybridized carbons (Fsp3) is 0.625. The standard InChI is InChI=1S/C16H22Cl2O2/c1-11-4-3-7-16(10-11,20-2)15(19)9-12-5-6-13(17)14(18)8-12/h5-6,8,11,15,19H,3-4,7,9-10H2,1-2H3. The molecule has 1 aliphatic rings. The van der Waals surface area contributed by atoms with Crippen molar-refractivity contribution in [2.45, 2.75) is 50.7 Å². The maximum atomic E-state index is 10.7. The third-order valence-corrected chi connectivity index (χ3v) is 5.16. The van der Waals surface area contributed by atoms with Gasteiger partial charge in [-0.3, -0.25) is 0 Å². The molecule has 3 atom stereocenters. The first kappa shape index (κ1) is 16.1. The summed E-state index contributed by atoms with van der Waals surface area (Å²) in [5.41, 5.74) is 0.561. The van der Waals surface area contributed by atoms with Crippen LogP contribution in [-0.4, -0.2) is 23.9 Å². The van der Waals surface area contributed by atoms with Crippen molar-refractivity contribution in [1.29, 1.82) is 0 Å². The van der Waals surface area contributed by atoms with Gasteiger partial charge in [0.2, 0.25) is 0 Å². The number of methoxy groups -OCH3 is 1. The molecular weight excluding hydrogens is 295 g/mol. The monoisotopic (exact) mass is 316 g/mol. The summed E-state index contributed by atoms with van der Waals surface area (Å²) in [6, 6.07) is 5.50. The lowest BCUT2D eigenvalue weighted by molar-refractivity contribution is -0.131. The highest BCUT2D eigenvalue weighted by atomic mass is 35.5. The third kappa shape index (κ3) is 3.48. The van der Waals surface area contributed by atoms with Crippen molar-refractivity contribution in [2.75, 3.05) is 7.11 Å². The van der Waals surface area contributed by atoms with Crippen LogP contribution in [-0.2, 0) is 11.2 Å². The molecule has 2 nitrogen and oxygen atoms in total. The normalized spacial score (nSPS) is 28.4. The Bertz CT molecular complexity index is 464. The van der Waals surface area contributed by atoms with Crippen molar-refractivity contribution in [1.82, 2.24) is 0 Å². The lowest BCUT2D eigenvalue weighted by atomic mass is 9.74. The zero-order chi connectivity index (χ0) is 14.8. The first-order valence-corrected chi connectivity index (χ1v) is 7.89. The molecule has 0 bridgehead atoms. The molecule has 0 aromatic heterocycles. The Morgan fingerprint density at radius 3 is 2.75 bits per heavy atom. The number of aliphatic hydroxyl groups is 1. The number of rotatable bonds is 4. The molecular formula is C16H22Cl2O2. The Kier molecular flexibility index (Phi) is 5.36. The molecule has 1 aromatic carbocycles. The predicted molar refractivity (Wildman–Crippen MR) is 83.5 cm³/mol. The second-order valence-corrected chi connectivity index (χ2v) is 6.75. The number of halogens is 2. The van der Waals surface area contributed by atoms with Gasteiger partial charge in [-0.15, -0.1) is 0 Å². The fourth-order valence-corrected chi connectivity index (χ4v) is 3.56. The highest BCUT2D eigenvalue weighted by Gasteiger charge is 2.41. The molecule has 0 amide bonds. The minimum Gasteiger partial charge on any atom is -0.390 e. The van der Waals surface area contributed by atoms with E-state index in [2.05, 4.69) is 6.92 Å². The maximum absolute atomic E-state index is 10.7. The van der Waals surface area contributed by atoms with Crippen LogP contribution in [0.2, 0.25) is 10.0 Å². The van der Waals surface area contributed by atoms with Crippen molar-refractivity contribution in [3.63, 3.8) is 0 Å². The van der Waals surface area contributed by atoms with Gasteiger partial charge >= 0.3 is 0 Å². The molecule has 3 unspecified atom stereocenters. The van der Waals surface area contributed by atoms with Gasteiger partial charge in [0.05, 0.1) is 21.8 Å². The van der Waals surface area contributed by atoms with Gasteiger partial charge in [0, 0.05) is 13.5 Å². The second-order valence-electron chi connectivity index (χ2n) is 5.94. The van der Waals surface area contributed by atoms with Gasteiger partial charge in [-0.25, -0.2) is 0 Å². The Labute approximate surface area is 131 Å². The first-order valence-electron chi connectivity index (χ1n) is 7.14. The van der Waals surface area contributed by atoms with Gasteiger partial charge < -0.3 is 9.84 Å². The van der Waals surface area contributed by atoms with Crippen molar-refractivity contribution in [2.24, 2.45) is 5.92 Å². The highest BCUT2D eigenvalue weighted by molar-refractivity contribution is 6.42. The molecule has 2 rings (SSSR count). The van der Waals surface area contributed by atoms with Crippen LogP contribution in [0, 0.1) is 5.92 Å². The van der Waals surface area contributed by atoms with Crippen LogP contribution < -0.4 is 0 Å². The molecule has 1 aromatic rings. The van der Waals surface area contributed by atoms with Crippen molar-refractivity contribution >= 4 is 23.2 Å². The number of benzene rings is 1. The number of hydrogen-bond acceptors (Lipinski definition) is 2. The molecule has 0 aliphatic heterocycles. The van der Waals surface area contributed by atoms with E-state index in [0.29, 0.717) is 22.4 Å². The van der Waals surface area contributed by atoms with Crippen LogP contribution in [0.3, 0.4) is 0 Å². The largest absolute Gasteiger partial charge is 0.390 e. The molecule has 4 heteroatoms. The zero-order valence-electron chi connectivity index (χ0n) is 12.0. The Hall–Kier alpha value is -0.280. The van der Waals surface area contributed by atoms with Crippen molar-refractivity contribution < 1.29 is 9.84 Å². The smallest absolute Gasteiger partial charge is 0.0942 e. The van der Waals surface area contributed by atoms with E-state index < -0.39 is 11.7 Å². The van der Waals surface area contributed by atoms with Gasteiger partial charge in [0.1, 0.15) is 0 Å². The quantitative estimate of drug-likeness (QED) is 0.886. The van der Waals surface area contributed by atoms with E-state index in [1.807, 2.05) is 12.1 Å². The molecule has 1 fully saturated rings. The van der Waals surface area contributed by atoms with Gasteiger partial charge in [0.15, 0.2) is 0 Å². The Balaban J connectivity index is 2.12. The molecule has 1 saturated carbocycles. The van der Waals surface area contributed by atoms with E-state index in [9.17, 15) is 5.11 Å². The van der Waals surface area contributed by atoms with E-state index in [0.717, 1.165) is 24.8 Å². The van der Waals surface area contributed by atoms with E-state index in [4.69, 9.17) is 27.9 Å². The summed E-state index contributed by atoms with van der Waals surface area (Å²) in [7, 11) is 1.70. The predicted octanol–water partition coefficient (Wildman–Crippen LogP) is 4.49. The van der Waals surface area contributed by atoms with Crippen LogP contribution in [0.5, 0.6) is 0 Å². The molecule has 1 N–H and O–H groups in total. The molecule has 0 saturated heterocycles. The van der Waals surface area contributed by atoms with Crippen molar-refractivity contribution in [3.05, 3.63) is 33.8 Å². The first-order chi connectivity index (χ1) is 9.47. The summed E-state index contributed by atoms with van der Waals surface area (Å²) in [6.45, 7) is 2.22. The van der Waals surface area contributed by atoms with Gasteiger partial charge in [-0.2, -0.15) is 0 Å². The summed E-state index contributed by atoms with van der Waals surface area (Å²) in [5, 5.41) is 11.7. The van der Waals surface area contributed by atoms with E-state index in [1.54, 1.807) is 13.2 Å². The molecule has 20 heavy (non-hydrogen) atoms. The van der Waals surface area contributed by atoms with Crippen molar-refractivity contribution in [3.8, 4) is 0 Å². The average Bonchev–Trinajstić information content (AvgIpc) is 2.42. The summed E-state index contributed by atoms with van der Waals surface area (Å²) in [4.78, 5) is 0. The van der Waals surface area contributed by atoms with E-state index in [-0.39, 0.29) is 0 Å².